The Morgan fingerprint density at radius 3 is 2.81 bits per heavy atom. The number of aromatic nitrogens is 4. The van der Waals surface area contributed by atoms with Crippen LogP contribution in [0.15, 0.2) is 24.3 Å². The summed E-state index contributed by atoms with van der Waals surface area (Å²) in [5.74, 6) is -0.742. The highest BCUT2D eigenvalue weighted by molar-refractivity contribution is 6.39. The van der Waals surface area contributed by atoms with Crippen molar-refractivity contribution in [3.63, 3.8) is 0 Å². The average Bonchev–Trinajstić information content (AvgIpc) is 3.23. The minimum absolute atomic E-state index is 0.360. The Morgan fingerprint density at radius 1 is 1.29 bits per heavy atom. The van der Waals surface area contributed by atoms with E-state index in [2.05, 4.69) is 26.2 Å². The standard InChI is InChI=1S/C13H14N6O2/c1-14-12(20)13(21)15-9-4-2-3-8(7-9)11-16-17-18-19(11)10-5-6-10/h2-4,7,10H,5-6H2,1H3,(H,14,20)(H,15,21). The van der Waals surface area contributed by atoms with Gasteiger partial charge in [-0.05, 0) is 35.4 Å². The van der Waals surface area contributed by atoms with Gasteiger partial charge in [-0.1, -0.05) is 12.1 Å². The molecule has 1 aliphatic carbocycles. The Kier molecular flexibility index (Phi) is 3.35. The van der Waals surface area contributed by atoms with E-state index < -0.39 is 11.8 Å². The predicted octanol–water partition coefficient (Wildman–Crippen LogP) is 0.359. The van der Waals surface area contributed by atoms with Crippen LogP contribution in [-0.4, -0.2) is 39.1 Å². The fourth-order valence-electron chi connectivity index (χ4n) is 1.99. The molecule has 1 aliphatic rings. The fraction of sp³-hybridized carbons (Fsp3) is 0.308. The third-order valence-corrected chi connectivity index (χ3v) is 3.20. The van der Waals surface area contributed by atoms with Crippen molar-refractivity contribution in [1.82, 2.24) is 25.5 Å². The van der Waals surface area contributed by atoms with Gasteiger partial charge in [-0.2, -0.15) is 0 Å². The van der Waals surface area contributed by atoms with E-state index in [1.54, 1.807) is 22.9 Å². The van der Waals surface area contributed by atoms with E-state index in [1.165, 1.54) is 7.05 Å². The number of hydrogen-bond donors (Lipinski definition) is 2. The lowest BCUT2D eigenvalue weighted by Gasteiger charge is -2.07. The smallest absolute Gasteiger partial charge is 0.313 e. The van der Waals surface area contributed by atoms with Gasteiger partial charge >= 0.3 is 11.8 Å². The second kappa shape index (κ2) is 5.31. The molecule has 1 heterocycles. The zero-order chi connectivity index (χ0) is 14.8. The molecule has 108 valence electrons. The lowest BCUT2D eigenvalue weighted by atomic mass is 10.2. The minimum Gasteiger partial charge on any atom is -0.351 e. The average molecular weight is 286 g/mol. The number of anilines is 1. The molecule has 0 unspecified atom stereocenters. The van der Waals surface area contributed by atoms with Crippen molar-refractivity contribution in [2.75, 3.05) is 12.4 Å². The molecule has 3 rings (SSSR count). The molecule has 2 N–H and O–H groups in total. The summed E-state index contributed by atoms with van der Waals surface area (Å²) in [6.07, 6.45) is 2.15. The van der Waals surface area contributed by atoms with Crippen molar-refractivity contribution in [3.05, 3.63) is 24.3 Å². The van der Waals surface area contributed by atoms with Crippen molar-refractivity contribution < 1.29 is 9.59 Å². The summed E-state index contributed by atoms with van der Waals surface area (Å²) < 4.78 is 1.79. The Bertz CT molecular complexity index is 691. The Balaban J connectivity index is 1.84. The van der Waals surface area contributed by atoms with Crippen LogP contribution in [-0.2, 0) is 9.59 Å². The molecule has 8 heteroatoms. The van der Waals surface area contributed by atoms with Gasteiger partial charge < -0.3 is 10.6 Å². The number of hydrogen-bond acceptors (Lipinski definition) is 5. The van der Waals surface area contributed by atoms with Gasteiger partial charge in [0.15, 0.2) is 5.82 Å². The molecule has 0 aliphatic heterocycles. The van der Waals surface area contributed by atoms with Crippen LogP contribution in [0.3, 0.4) is 0 Å². The van der Waals surface area contributed by atoms with Crippen LogP contribution >= 0.6 is 0 Å². The molecule has 1 aromatic carbocycles. The summed E-state index contributed by atoms with van der Waals surface area (Å²) in [6, 6.07) is 7.45. The number of carbonyl (C=O) groups excluding carboxylic acids is 2. The van der Waals surface area contributed by atoms with Crippen LogP contribution in [0.4, 0.5) is 5.69 Å². The van der Waals surface area contributed by atoms with Gasteiger partial charge in [0.25, 0.3) is 0 Å². The molecule has 0 saturated heterocycles. The molecule has 8 nitrogen and oxygen atoms in total. The van der Waals surface area contributed by atoms with E-state index in [4.69, 9.17) is 0 Å². The SMILES string of the molecule is CNC(=O)C(=O)Nc1cccc(-c2nnnn2C2CC2)c1. The number of amides is 2. The van der Waals surface area contributed by atoms with Gasteiger partial charge in [-0.25, -0.2) is 4.68 Å². The van der Waals surface area contributed by atoms with Crippen molar-refractivity contribution in [1.29, 1.82) is 0 Å². The predicted molar refractivity (Wildman–Crippen MR) is 74.2 cm³/mol. The molecule has 0 atom stereocenters. The van der Waals surface area contributed by atoms with E-state index in [1.807, 2.05) is 6.07 Å². The van der Waals surface area contributed by atoms with Gasteiger partial charge in [0.2, 0.25) is 0 Å². The molecular formula is C13H14N6O2. The van der Waals surface area contributed by atoms with Crippen molar-refractivity contribution in [2.24, 2.45) is 0 Å². The Labute approximate surface area is 120 Å². The first-order valence-electron chi connectivity index (χ1n) is 6.60. The monoisotopic (exact) mass is 286 g/mol. The third kappa shape index (κ3) is 2.73. The molecule has 0 radical (unpaired) electrons. The first-order valence-corrected chi connectivity index (χ1v) is 6.60. The third-order valence-electron chi connectivity index (χ3n) is 3.20. The maximum Gasteiger partial charge on any atom is 0.313 e. The van der Waals surface area contributed by atoms with Gasteiger partial charge in [0.1, 0.15) is 0 Å². The summed E-state index contributed by atoms with van der Waals surface area (Å²) in [4.78, 5) is 22.8. The van der Waals surface area contributed by atoms with E-state index in [-0.39, 0.29) is 0 Å². The van der Waals surface area contributed by atoms with Gasteiger partial charge in [-0.3, -0.25) is 9.59 Å². The second-order valence-electron chi connectivity index (χ2n) is 4.79. The van der Waals surface area contributed by atoms with Crippen molar-refractivity contribution >= 4 is 17.5 Å². The highest BCUT2D eigenvalue weighted by Gasteiger charge is 2.28. The zero-order valence-corrected chi connectivity index (χ0v) is 11.4. The van der Waals surface area contributed by atoms with Crippen molar-refractivity contribution in [3.8, 4) is 11.4 Å². The molecule has 1 aromatic heterocycles. The topological polar surface area (TPSA) is 102 Å². The maximum absolute atomic E-state index is 11.6. The van der Waals surface area contributed by atoms with Crippen LogP contribution in [0.25, 0.3) is 11.4 Å². The summed E-state index contributed by atoms with van der Waals surface area (Å²) in [5, 5.41) is 16.5. The van der Waals surface area contributed by atoms with Crippen LogP contribution in [0.5, 0.6) is 0 Å². The normalized spacial score (nSPS) is 13.8. The van der Waals surface area contributed by atoms with Gasteiger partial charge in [-0.15, -0.1) is 5.10 Å². The lowest BCUT2D eigenvalue weighted by molar-refractivity contribution is -0.135. The summed E-state index contributed by atoms with van der Waals surface area (Å²) >= 11 is 0. The molecule has 2 amide bonds. The van der Waals surface area contributed by atoms with Gasteiger partial charge in [0, 0.05) is 18.3 Å². The quantitative estimate of drug-likeness (QED) is 0.793. The molecule has 2 aromatic rings. The first kappa shape index (κ1) is 13.2. The largest absolute Gasteiger partial charge is 0.351 e. The highest BCUT2D eigenvalue weighted by atomic mass is 16.2. The van der Waals surface area contributed by atoms with E-state index in [9.17, 15) is 9.59 Å². The number of carbonyl (C=O) groups is 2. The van der Waals surface area contributed by atoms with Crippen LogP contribution in [0.1, 0.15) is 18.9 Å². The van der Waals surface area contributed by atoms with Crippen molar-refractivity contribution in [2.45, 2.75) is 18.9 Å². The van der Waals surface area contributed by atoms with Gasteiger partial charge in [0.05, 0.1) is 6.04 Å². The second-order valence-corrected chi connectivity index (χ2v) is 4.79. The van der Waals surface area contributed by atoms with Crippen LogP contribution in [0.2, 0.25) is 0 Å². The molecule has 1 saturated carbocycles. The number of likely N-dealkylation sites (N-methyl/N-ethyl adjacent to an activating group) is 1. The molecule has 0 spiro atoms. The number of nitrogens with zero attached hydrogens (tertiary/aromatic N) is 4. The number of nitrogens with one attached hydrogen (secondary N) is 2. The molecular weight excluding hydrogens is 272 g/mol. The highest BCUT2D eigenvalue weighted by Crippen LogP contribution is 2.36. The number of rotatable bonds is 3. The first-order chi connectivity index (χ1) is 10.2. The van der Waals surface area contributed by atoms with E-state index in [0.29, 0.717) is 17.6 Å². The minimum atomic E-state index is -0.712. The van der Waals surface area contributed by atoms with Crippen LogP contribution in [0, 0.1) is 0 Å². The molecule has 21 heavy (non-hydrogen) atoms. The number of tetrazole rings is 1. The Hall–Kier alpha value is -2.77. The van der Waals surface area contributed by atoms with Crippen LogP contribution < -0.4 is 10.6 Å². The Morgan fingerprint density at radius 2 is 2.10 bits per heavy atom. The maximum atomic E-state index is 11.6. The molecule has 0 bridgehead atoms. The van der Waals surface area contributed by atoms with E-state index >= 15 is 0 Å². The lowest BCUT2D eigenvalue weighted by Crippen LogP contribution is -2.32. The fourth-order valence-corrected chi connectivity index (χ4v) is 1.99. The summed E-state index contributed by atoms with van der Waals surface area (Å²) in [5.41, 5.74) is 1.31. The summed E-state index contributed by atoms with van der Waals surface area (Å²) in [6.45, 7) is 0. The summed E-state index contributed by atoms with van der Waals surface area (Å²) in [7, 11) is 1.40. The number of benzene rings is 1. The molecule has 1 fully saturated rings. The van der Waals surface area contributed by atoms with E-state index in [0.717, 1.165) is 18.4 Å². The zero-order valence-electron chi connectivity index (χ0n) is 11.4.